The van der Waals surface area contributed by atoms with Crippen LogP contribution in [0.15, 0.2) is 0 Å². The highest BCUT2D eigenvalue weighted by atomic mass is 32.2. The summed E-state index contributed by atoms with van der Waals surface area (Å²) >= 11 is 0. The fraction of sp³-hybridized carbons (Fsp3) is 1.00. The van der Waals surface area contributed by atoms with Gasteiger partial charge in [-0.15, -0.1) is 0 Å². The van der Waals surface area contributed by atoms with Crippen molar-refractivity contribution in [2.75, 3.05) is 25.7 Å². The van der Waals surface area contributed by atoms with Crippen LogP contribution in [0.5, 0.6) is 0 Å². The number of hydrogen-bond donors (Lipinski definition) is 0. The molecular weight excluding hydrogens is 412 g/mol. The fourth-order valence-corrected chi connectivity index (χ4v) is 4.41. The van der Waals surface area contributed by atoms with Crippen LogP contribution in [0.2, 0.25) is 0 Å². The fourth-order valence-electron chi connectivity index (χ4n) is 3.48. The maximum atomic E-state index is 11.6. The van der Waals surface area contributed by atoms with Crippen molar-refractivity contribution in [2.45, 2.75) is 104 Å². The van der Waals surface area contributed by atoms with Crippen molar-refractivity contribution in [1.82, 2.24) is 0 Å². The van der Waals surface area contributed by atoms with Gasteiger partial charge in [0.05, 0.1) is 25.7 Å². The summed E-state index contributed by atoms with van der Waals surface area (Å²) in [5, 5.41) is 0. The lowest BCUT2D eigenvalue weighted by atomic mass is 9.79. The molecule has 0 aromatic heterocycles. The van der Waals surface area contributed by atoms with Crippen LogP contribution in [0.1, 0.15) is 104 Å². The van der Waals surface area contributed by atoms with E-state index in [2.05, 4.69) is 13.8 Å². The molecule has 0 aliphatic rings. The molecule has 0 aromatic carbocycles. The van der Waals surface area contributed by atoms with Crippen LogP contribution in [-0.2, 0) is 28.6 Å². The Hall–Kier alpha value is -0.180. The Bertz CT molecular complexity index is 545. The zero-order valence-corrected chi connectivity index (χ0v) is 20.7. The van der Waals surface area contributed by atoms with Crippen LogP contribution in [0, 0.1) is 5.41 Å². The second-order valence-electron chi connectivity index (χ2n) is 8.47. The van der Waals surface area contributed by atoms with Crippen LogP contribution >= 0.6 is 0 Å². The molecule has 0 aromatic rings. The van der Waals surface area contributed by atoms with E-state index in [0.717, 1.165) is 51.0 Å². The summed E-state index contributed by atoms with van der Waals surface area (Å²) in [5.74, 6) is 0. The Balaban J connectivity index is 5.00. The Kier molecular flexibility index (Phi) is 15.5. The highest BCUT2D eigenvalue weighted by Crippen LogP contribution is 2.34. The molecule has 0 fully saturated rings. The summed E-state index contributed by atoms with van der Waals surface area (Å²) in [6.07, 6.45) is 16.9. The number of hydrogen-bond acceptors (Lipinski definition) is 6. The van der Waals surface area contributed by atoms with Crippen LogP contribution in [0.4, 0.5) is 0 Å². The quantitative estimate of drug-likeness (QED) is 0.179. The van der Waals surface area contributed by atoms with Gasteiger partial charge in [0.1, 0.15) is 0 Å². The summed E-state index contributed by atoms with van der Waals surface area (Å²) in [6.45, 7) is 4.31. The molecule has 0 saturated carbocycles. The summed E-state index contributed by atoms with van der Waals surface area (Å²) in [4.78, 5) is 0. The molecule has 0 bridgehead atoms. The van der Waals surface area contributed by atoms with E-state index in [9.17, 15) is 16.8 Å². The first-order chi connectivity index (χ1) is 13.5. The van der Waals surface area contributed by atoms with E-state index in [0.29, 0.717) is 12.8 Å². The first-order valence-electron chi connectivity index (χ1n) is 11.2. The maximum Gasteiger partial charge on any atom is 0.264 e. The average Bonchev–Trinajstić information content (AvgIpc) is 2.62. The van der Waals surface area contributed by atoms with Gasteiger partial charge in [-0.1, -0.05) is 90.9 Å². The van der Waals surface area contributed by atoms with E-state index < -0.39 is 25.7 Å². The van der Waals surface area contributed by atoms with E-state index >= 15 is 0 Å². The molecule has 0 atom stereocenters. The second kappa shape index (κ2) is 15.6. The third kappa shape index (κ3) is 18.3. The van der Waals surface area contributed by atoms with Crippen molar-refractivity contribution in [3.63, 3.8) is 0 Å². The number of rotatable bonds is 20. The molecule has 0 spiro atoms. The topological polar surface area (TPSA) is 86.7 Å². The van der Waals surface area contributed by atoms with Gasteiger partial charge in [0.2, 0.25) is 0 Å². The van der Waals surface area contributed by atoms with Crippen LogP contribution in [0.25, 0.3) is 0 Å². The Morgan fingerprint density at radius 3 is 1.17 bits per heavy atom. The van der Waals surface area contributed by atoms with E-state index in [1.807, 2.05) is 0 Å². The molecule has 0 radical (unpaired) electrons. The molecule has 6 nitrogen and oxygen atoms in total. The van der Waals surface area contributed by atoms with Gasteiger partial charge in [-0.05, 0) is 12.8 Å². The van der Waals surface area contributed by atoms with Gasteiger partial charge < -0.3 is 0 Å². The highest BCUT2D eigenvalue weighted by Gasteiger charge is 2.33. The van der Waals surface area contributed by atoms with Gasteiger partial charge in [-0.25, -0.2) is 0 Å². The van der Waals surface area contributed by atoms with Crippen molar-refractivity contribution < 1.29 is 25.2 Å². The summed E-state index contributed by atoms with van der Waals surface area (Å²) < 4.78 is 56.7. The van der Waals surface area contributed by atoms with Crippen LogP contribution in [0.3, 0.4) is 0 Å². The average molecular weight is 457 g/mol. The van der Waals surface area contributed by atoms with Gasteiger partial charge in [-0.3, -0.25) is 8.37 Å². The van der Waals surface area contributed by atoms with Crippen molar-refractivity contribution in [3.8, 4) is 0 Å². The smallest absolute Gasteiger partial charge is 0.264 e. The molecule has 0 saturated heterocycles. The molecule has 176 valence electrons. The molecule has 0 N–H and O–H groups in total. The largest absolute Gasteiger partial charge is 0.270 e. The summed E-state index contributed by atoms with van der Waals surface area (Å²) in [7, 11) is -7.20. The molecule has 0 aliphatic heterocycles. The van der Waals surface area contributed by atoms with Crippen molar-refractivity contribution >= 4 is 20.2 Å². The third-order valence-electron chi connectivity index (χ3n) is 5.28. The molecule has 0 heterocycles. The van der Waals surface area contributed by atoms with E-state index in [1.54, 1.807) is 0 Å². The SMILES string of the molecule is CCCCCCCCC(CCCCCCCC)(COS(C)(=O)=O)COS(C)(=O)=O. The minimum absolute atomic E-state index is 0.0225. The van der Waals surface area contributed by atoms with Crippen molar-refractivity contribution in [2.24, 2.45) is 5.41 Å². The lowest BCUT2D eigenvalue weighted by Gasteiger charge is -2.33. The van der Waals surface area contributed by atoms with Crippen LogP contribution < -0.4 is 0 Å². The lowest BCUT2D eigenvalue weighted by molar-refractivity contribution is 0.0632. The molecular formula is C21H44O6S2. The Labute approximate surface area is 180 Å². The Morgan fingerprint density at radius 2 is 0.862 bits per heavy atom. The monoisotopic (exact) mass is 456 g/mol. The standard InChI is InChI=1S/C21H44O6S2/c1-5-7-9-11-13-15-17-21(19-26-28(3,22)23,20-27-29(4,24)25)18-16-14-12-10-8-6-2/h5-20H2,1-4H3. The predicted molar refractivity (Wildman–Crippen MR) is 120 cm³/mol. The van der Waals surface area contributed by atoms with E-state index in [-0.39, 0.29) is 13.2 Å². The van der Waals surface area contributed by atoms with E-state index in [1.165, 1.54) is 38.5 Å². The molecule has 0 aliphatic carbocycles. The van der Waals surface area contributed by atoms with Gasteiger partial charge >= 0.3 is 0 Å². The van der Waals surface area contributed by atoms with Crippen LogP contribution in [-0.4, -0.2) is 42.6 Å². The van der Waals surface area contributed by atoms with Crippen molar-refractivity contribution in [1.29, 1.82) is 0 Å². The summed E-state index contributed by atoms with van der Waals surface area (Å²) in [6, 6.07) is 0. The minimum atomic E-state index is -3.60. The van der Waals surface area contributed by atoms with Gasteiger partial charge in [0, 0.05) is 5.41 Å². The third-order valence-corrected chi connectivity index (χ3v) is 6.37. The molecule has 0 unspecified atom stereocenters. The second-order valence-corrected chi connectivity index (χ2v) is 11.8. The maximum absolute atomic E-state index is 11.6. The first kappa shape index (κ1) is 28.8. The van der Waals surface area contributed by atoms with E-state index in [4.69, 9.17) is 8.37 Å². The molecule has 0 rings (SSSR count). The van der Waals surface area contributed by atoms with Gasteiger partial charge in [0.25, 0.3) is 20.2 Å². The molecule has 0 amide bonds. The zero-order chi connectivity index (χ0) is 22.2. The van der Waals surface area contributed by atoms with Crippen molar-refractivity contribution in [3.05, 3.63) is 0 Å². The predicted octanol–water partition coefficient (Wildman–Crippen LogP) is 5.43. The minimum Gasteiger partial charge on any atom is -0.270 e. The van der Waals surface area contributed by atoms with Gasteiger partial charge in [-0.2, -0.15) is 16.8 Å². The summed E-state index contributed by atoms with van der Waals surface area (Å²) in [5.41, 5.74) is -0.596. The zero-order valence-electron chi connectivity index (χ0n) is 19.1. The molecule has 8 heteroatoms. The Morgan fingerprint density at radius 1 is 0.552 bits per heavy atom. The number of unbranched alkanes of at least 4 members (excludes halogenated alkanes) is 10. The lowest BCUT2D eigenvalue weighted by Crippen LogP contribution is -2.34. The highest BCUT2D eigenvalue weighted by molar-refractivity contribution is 7.86. The normalized spacial score (nSPS) is 13.1. The first-order valence-corrected chi connectivity index (χ1v) is 14.9. The molecule has 29 heavy (non-hydrogen) atoms. The van der Waals surface area contributed by atoms with Gasteiger partial charge in [0.15, 0.2) is 0 Å².